The zero-order chi connectivity index (χ0) is 18.7. The number of amides is 2. The molecule has 2 amide bonds. The smallest absolute Gasteiger partial charge is 0.247 e. The summed E-state index contributed by atoms with van der Waals surface area (Å²) >= 11 is 13.5. The third-order valence-corrected chi connectivity index (χ3v) is 5.72. The minimum atomic E-state index is -0.482. The normalized spacial score (nSPS) is 16.7. The maximum Gasteiger partial charge on any atom is 0.247 e. The Kier molecular flexibility index (Phi) is 6.16. The molecular weight excluding hydrogens is 393 g/mol. The number of carbonyl (C=O) groups excluding carboxylic acids is 2. The van der Waals surface area contributed by atoms with E-state index in [1.54, 1.807) is 34.4 Å². The number of likely N-dealkylation sites (tertiary alicyclic amines) is 1. The molecule has 0 spiro atoms. The van der Waals surface area contributed by atoms with Crippen molar-refractivity contribution in [3.63, 3.8) is 0 Å². The topological polar surface area (TPSA) is 62.3 Å². The van der Waals surface area contributed by atoms with Gasteiger partial charge in [-0.25, -0.2) is 4.98 Å². The van der Waals surface area contributed by atoms with E-state index in [0.717, 1.165) is 23.5 Å². The van der Waals surface area contributed by atoms with Crippen LogP contribution in [0.2, 0.25) is 10.0 Å². The van der Waals surface area contributed by atoms with Crippen LogP contribution in [0.25, 0.3) is 0 Å². The van der Waals surface area contributed by atoms with E-state index in [4.69, 9.17) is 23.2 Å². The van der Waals surface area contributed by atoms with Crippen molar-refractivity contribution in [2.45, 2.75) is 38.6 Å². The lowest BCUT2D eigenvalue weighted by atomic mass is 10.2. The van der Waals surface area contributed by atoms with Crippen molar-refractivity contribution in [1.82, 2.24) is 9.88 Å². The summed E-state index contributed by atoms with van der Waals surface area (Å²) in [5.41, 5.74) is 1.29. The van der Waals surface area contributed by atoms with Gasteiger partial charge in [0.2, 0.25) is 11.8 Å². The number of nitrogens with zero attached hydrogens (tertiary/aromatic N) is 2. The van der Waals surface area contributed by atoms with Crippen LogP contribution in [0, 0.1) is 0 Å². The Labute approximate surface area is 166 Å². The third kappa shape index (κ3) is 4.55. The largest absolute Gasteiger partial charge is 0.330 e. The van der Waals surface area contributed by atoms with Crippen molar-refractivity contribution in [3.8, 4) is 0 Å². The molecule has 0 saturated carbocycles. The van der Waals surface area contributed by atoms with Gasteiger partial charge < -0.3 is 10.2 Å². The van der Waals surface area contributed by atoms with Crippen LogP contribution in [-0.4, -0.2) is 34.3 Å². The summed E-state index contributed by atoms with van der Waals surface area (Å²) in [5, 5.41) is 6.63. The van der Waals surface area contributed by atoms with Crippen molar-refractivity contribution in [1.29, 1.82) is 0 Å². The molecule has 0 bridgehead atoms. The van der Waals surface area contributed by atoms with Crippen LogP contribution in [0.4, 0.5) is 5.69 Å². The van der Waals surface area contributed by atoms with Crippen LogP contribution >= 0.6 is 34.5 Å². The fourth-order valence-corrected chi connectivity index (χ4v) is 4.31. The number of hydrogen-bond acceptors (Lipinski definition) is 4. The molecule has 1 atom stereocenters. The van der Waals surface area contributed by atoms with Gasteiger partial charge in [-0.15, -0.1) is 11.3 Å². The van der Waals surface area contributed by atoms with Crippen LogP contribution in [0.15, 0.2) is 23.6 Å². The molecule has 1 aliphatic heterocycles. The molecule has 2 heterocycles. The van der Waals surface area contributed by atoms with Crippen molar-refractivity contribution >= 4 is 52.0 Å². The van der Waals surface area contributed by atoms with Crippen molar-refractivity contribution < 1.29 is 9.59 Å². The Morgan fingerprint density at radius 3 is 2.69 bits per heavy atom. The third-order valence-electron chi connectivity index (χ3n) is 4.24. The lowest BCUT2D eigenvalue weighted by Crippen LogP contribution is -2.43. The minimum Gasteiger partial charge on any atom is -0.330 e. The zero-order valence-corrected chi connectivity index (χ0v) is 16.6. The predicted molar refractivity (Wildman–Crippen MR) is 105 cm³/mol. The van der Waals surface area contributed by atoms with Crippen LogP contribution in [0.3, 0.4) is 0 Å². The highest BCUT2D eigenvalue weighted by atomic mass is 35.5. The Balaban J connectivity index is 1.66. The Morgan fingerprint density at radius 2 is 2.04 bits per heavy atom. The summed E-state index contributed by atoms with van der Waals surface area (Å²) < 4.78 is 0. The van der Waals surface area contributed by atoms with E-state index in [0.29, 0.717) is 28.7 Å². The summed E-state index contributed by atoms with van der Waals surface area (Å²) in [6.45, 7) is 2.62. The van der Waals surface area contributed by atoms with E-state index in [2.05, 4.69) is 10.3 Å². The van der Waals surface area contributed by atoms with Gasteiger partial charge in [-0.2, -0.15) is 0 Å². The van der Waals surface area contributed by atoms with E-state index < -0.39 is 6.04 Å². The van der Waals surface area contributed by atoms with E-state index in [1.165, 1.54) is 0 Å². The quantitative estimate of drug-likeness (QED) is 0.801. The second-order valence-electron chi connectivity index (χ2n) is 6.16. The molecule has 0 aliphatic carbocycles. The van der Waals surface area contributed by atoms with Gasteiger partial charge in [0, 0.05) is 27.7 Å². The monoisotopic (exact) mass is 411 g/mol. The number of hydrogen-bond donors (Lipinski definition) is 1. The average molecular weight is 412 g/mol. The first kappa shape index (κ1) is 19.1. The predicted octanol–water partition coefficient (Wildman–Crippen LogP) is 4.18. The van der Waals surface area contributed by atoms with E-state index in [-0.39, 0.29) is 18.2 Å². The average Bonchev–Trinajstić information content (AvgIpc) is 3.22. The number of nitrogens with one attached hydrogen (secondary N) is 1. The van der Waals surface area contributed by atoms with Crippen LogP contribution in [-0.2, 0) is 22.4 Å². The summed E-state index contributed by atoms with van der Waals surface area (Å²) in [4.78, 5) is 31.4. The summed E-state index contributed by atoms with van der Waals surface area (Å²) in [6, 6.07) is 4.38. The molecule has 1 fully saturated rings. The number of rotatable bonds is 5. The van der Waals surface area contributed by atoms with Gasteiger partial charge in [0.15, 0.2) is 0 Å². The highest BCUT2D eigenvalue weighted by Gasteiger charge is 2.34. The first-order chi connectivity index (χ1) is 12.5. The summed E-state index contributed by atoms with van der Waals surface area (Å²) in [6.07, 6.45) is 2.53. The minimum absolute atomic E-state index is 0.0697. The SMILES string of the molecule is CCc1nc(CC(=O)N2CCCC2C(=O)Nc2cc(Cl)cc(Cl)c2)cs1. The molecule has 8 heteroatoms. The maximum absolute atomic E-state index is 12.7. The number of halogens is 2. The van der Waals surface area contributed by atoms with Gasteiger partial charge in [0.25, 0.3) is 0 Å². The van der Waals surface area contributed by atoms with Crippen molar-refractivity contribution in [2.24, 2.45) is 0 Å². The molecule has 5 nitrogen and oxygen atoms in total. The number of carbonyl (C=O) groups is 2. The first-order valence-electron chi connectivity index (χ1n) is 8.46. The Morgan fingerprint density at radius 1 is 1.31 bits per heavy atom. The molecule has 26 heavy (non-hydrogen) atoms. The lowest BCUT2D eigenvalue weighted by molar-refractivity contribution is -0.136. The second-order valence-corrected chi connectivity index (χ2v) is 7.97. The van der Waals surface area contributed by atoms with Gasteiger partial charge in [-0.05, 0) is 37.5 Å². The number of aromatic nitrogens is 1. The highest BCUT2D eigenvalue weighted by Crippen LogP contribution is 2.25. The molecule has 1 aromatic carbocycles. The van der Waals surface area contributed by atoms with E-state index in [9.17, 15) is 9.59 Å². The molecule has 2 aromatic rings. The maximum atomic E-state index is 12.7. The molecule has 138 valence electrons. The fourth-order valence-electron chi connectivity index (χ4n) is 3.04. The molecule has 1 unspecified atom stereocenters. The van der Waals surface area contributed by atoms with Gasteiger partial charge >= 0.3 is 0 Å². The molecule has 3 rings (SSSR count). The van der Waals surface area contributed by atoms with Crippen LogP contribution in [0.5, 0.6) is 0 Å². The molecule has 1 saturated heterocycles. The second kappa shape index (κ2) is 8.37. The zero-order valence-electron chi connectivity index (χ0n) is 14.3. The van der Waals surface area contributed by atoms with E-state index in [1.807, 2.05) is 12.3 Å². The number of thiazole rings is 1. The van der Waals surface area contributed by atoms with Crippen molar-refractivity contribution in [2.75, 3.05) is 11.9 Å². The van der Waals surface area contributed by atoms with Crippen LogP contribution in [0.1, 0.15) is 30.5 Å². The van der Waals surface area contributed by atoms with Crippen LogP contribution < -0.4 is 5.32 Å². The summed E-state index contributed by atoms with van der Waals surface area (Å²) in [5.74, 6) is -0.290. The number of benzene rings is 1. The molecule has 1 aromatic heterocycles. The van der Waals surface area contributed by atoms with Gasteiger partial charge in [-0.1, -0.05) is 30.1 Å². The Bertz CT molecular complexity index is 804. The van der Waals surface area contributed by atoms with Gasteiger partial charge in [-0.3, -0.25) is 9.59 Å². The standard InChI is InChI=1S/C18H19Cl2N3O2S/c1-2-16-21-14(10-26-16)9-17(24)23-5-3-4-15(23)18(25)22-13-7-11(19)6-12(20)8-13/h6-8,10,15H,2-5,9H2,1H3,(H,22,25). The number of aryl methyl sites for hydroxylation is 1. The first-order valence-corrected chi connectivity index (χ1v) is 10.1. The van der Waals surface area contributed by atoms with E-state index >= 15 is 0 Å². The van der Waals surface area contributed by atoms with Gasteiger partial charge in [0.1, 0.15) is 6.04 Å². The van der Waals surface area contributed by atoms with Crippen molar-refractivity contribution in [3.05, 3.63) is 44.3 Å². The molecule has 1 aliphatic rings. The lowest BCUT2D eigenvalue weighted by Gasteiger charge is -2.24. The highest BCUT2D eigenvalue weighted by molar-refractivity contribution is 7.09. The fraction of sp³-hybridized carbons (Fsp3) is 0.389. The molecular formula is C18H19Cl2N3O2S. The Hall–Kier alpha value is -1.63. The molecule has 0 radical (unpaired) electrons. The molecule has 1 N–H and O–H groups in total. The summed E-state index contributed by atoms with van der Waals surface area (Å²) in [7, 11) is 0. The number of anilines is 1. The van der Waals surface area contributed by atoms with Gasteiger partial charge in [0.05, 0.1) is 17.1 Å².